The number of halogens is 1. The number of hydrogen-bond acceptors (Lipinski definition) is 2. The normalized spacial score (nSPS) is 15.7. The van der Waals surface area contributed by atoms with E-state index in [0.29, 0.717) is 0 Å². The predicted octanol–water partition coefficient (Wildman–Crippen LogP) is 1.06. The fourth-order valence-corrected chi connectivity index (χ4v) is 0.857. The number of carbonyl (C=O) groups is 1. The summed E-state index contributed by atoms with van der Waals surface area (Å²) >= 11 is 5.53. The topological polar surface area (TPSA) is 29.5 Å². The van der Waals surface area contributed by atoms with Crippen LogP contribution in [0.2, 0.25) is 0 Å². The Labute approximate surface area is 72.3 Å². The lowest BCUT2D eigenvalue weighted by molar-refractivity contribution is -0.140. The van der Waals surface area contributed by atoms with Crippen molar-refractivity contribution in [1.29, 1.82) is 0 Å². The van der Waals surface area contributed by atoms with Crippen LogP contribution in [0.25, 0.3) is 0 Å². The van der Waals surface area contributed by atoms with E-state index in [1.165, 1.54) is 4.90 Å². The molecule has 1 amide bonds. The lowest BCUT2D eigenvalue weighted by atomic mass is 10.3. The third kappa shape index (κ3) is 4.22. The van der Waals surface area contributed by atoms with Crippen molar-refractivity contribution in [3.63, 3.8) is 0 Å². The standard InChI is InChI=1S/C7H14ClNO2/c1-5(11-6(2)8)7(10)9(3)4/h5-6H,1-4H3/t5-,6+/m0/s1. The van der Waals surface area contributed by atoms with Gasteiger partial charge in [0.1, 0.15) is 11.7 Å². The zero-order valence-corrected chi connectivity index (χ0v) is 8.05. The van der Waals surface area contributed by atoms with Crippen LogP contribution in [0.3, 0.4) is 0 Å². The molecule has 0 aliphatic rings. The van der Waals surface area contributed by atoms with Crippen LogP contribution >= 0.6 is 11.6 Å². The van der Waals surface area contributed by atoms with Crippen molar-refractivity contribution in [2.45, 2.75) is 25.5 Å². The first-order chi connectivity index (χ1) is 4.95. The van der Waals surface area contributed by atoms with Gasteiger partial charge in [0, 0.05) is 14.1 Å². The number of ether oxygens (including phenoxy) is 1. The third-order valence-corrected chi connectivity index (χ3v) is 1.28. The molecule has 0 aliphatic heterocycles. The molecule has 0 heterocycles. The Morgan fingerprint density at radius 2 is 1.91 bits per heavy atom. The van der Waals surface area contributed by atoms with Crippen molar-refractivity contribution in [3.8, 4) is 0 Å². The van der Waals surface area contributed by atoms with E-state index < -0.39 is 11.7 Å². The lowest BCUT2D eigenvalue weighted by Gasteiger charge is -2.18. The number of carbonyl (C=O) groups excluding carboxylic acids is 1. The minimum absolute atomic E-state index is 0.0718. The molecule has 0 saturated carbocycles. The molecular formula is C7H14ClNO2. The van der Waals surface area contributed by atoms with Crippen molar-refractivity contribution >= 4 is 17.5 Å². The van der Waals surface area contributed by atoms with Crippen LogP contribution in [0.15, 0.2) is 0 Å². The summed E-state index contributed by atoms with van der Waals surface area (Å²) in [7, 11) is 3.36. The first-order valence-corrected chi connectivity index (χ1v) is 3.89. The molecule has 0 aliphatic carbocycles. The number of nitrogens with zero attached hydrogens (tertiary/aromatic N) is 1. The highest BCUT2D eigenvalue weighted by molar-refractivity contribution is 6.19. The van der Waals surface area contributed by atoms with Gasteiger partial charge in [-0.15, -0.1) is 0 Å². The van der Waals surface area contributed by atoms with E-state index in [1.54, 1.807) is 27.9 Å². The van der Waals surface area contributed by atoms with Crippen LogP contribution in [-0.2, 0) is 9.53 Å². The SMILES string of the molecule is C[C@H](Cl)O[C@@H](C)C(=O)N(C)C. The highest BCUT2D eigenvalue weighted by atomic mass is 35.5. The van der Waals surface area contributed by atoms with Crippen molar-refractivity contribution in [2.75, 3.05) is 14.1 Å². The molecule has 0 radical (unpaired) electrons. The highest BCUT2D eigenvalue weighted by Gasteiger charge is 2.16. The second kappa shape index (κ2) is 4.57. The van der Waals surface area contributed by atoms with Crippen molar-refractivity contribution in [1.82, 2.24) is 4.90 Å². The molecule has 2 atom stereocenters. The Morgan fingerprint density at radius 1 is 1.45 bits per heavy atom. The smallest absolute Gasteiger partial charge is 0.250 e. The number of hydrogen-bond donors (Lipinski definition) is 0. The number of alkyl halides is 1. The summed E-state index contributed by atoms with van der Waals surface area (Å²) in [6.07, 6.45) is -0.461. The fourth-order valence-electron chi connectivity index (χ4n) is 0.703. The van der Waals surface area contributed by atoms with Crippen LogP contribution < -0.4 is 0 Å². The number of likely N-dealkylation sites (N-methyl/N-ethyl adjacent to an activating group) is 1. The quantitative estimate of drug-likeness (QED) is 0.607. The predicted molar refractivity (Wildman–Crippen MR) is 44.6 cm³/mol. The Morgan fingerprint density at radius 3 is 2.18 bits per heavy atom. The van der Waals surface area contributed by atoms with Crippen LogP contribution in [0.1, 0.15) is 13.8 Å². The van der Waals surface area contributed by atoms with Crippen LogP contribution in [0.4, 0.5) is 0 Å². The molecule has 0 bridgehead atoms. The average Bonchev–Trinajstić information content (AvgIpc) is 1.84. The zero-order chi connectivity index (χ0) is 9.02. The molecule has 0 unspecified atom stereocenters. The maximum Gasteiger partial charge on any atom is 0.250 e. The van der Waals surface area contributed by atoms with Crippen LogP contribution in [-0.4, -0.2) is 36.6 Å². The van der Waals surface area contributed by atoms with E-state index in [9.17, 15) is 4.79 Å². The van der Waals surface area contributed by atoms with Crippen molar-refractivity contribution in [3.05, 3.63) is 0 Å². The van der Waals surface area contributed by atoms with E-state index in [2.05, 4.69) is 0 Å². The summed E-state index contributed by atoms with van der Waals surface area (Å²) < 4.78 is 5.05. The largest absolute Gasteiger partial charge is 0.350 e. The van der Waals surface area contributed by atoms with Crippen molar-refractivity contribution < 1.29 is 9.53 Å². The second-order valence-corrected chi connectivity index (χ2v) is 3.17. The molecule has 3 nitrogen and oxygen atoms in total. The van der Waals surface area contributed by atoms with Gasteiger partial charge in [0.15, 0.2) is 0 Å². The average molecular weight is 180 g/mol. The van der Waals surface area contributed by atoms with Gasteiger partial charge in [-0.3, -0.25) is 4.79 Å². The molecule has 66 valence electrons. The van der Waals surface area contributed by atoms with Gasteiger partial charge in [0.2, 0.25) is 0 Å². The first-order valence-electron chi connectivity index (χ1n) is 3.46. The molecule has 4 heteroatoms. The third-order valence-electron chi connectivity index (χ3n) is 1.18. The van der Waals surface area contributed by atoms with E-state index in [0.717, 1.165) is 0 Å². The number of rotatable bonds is 3. The highest BCUT2D eigenvalue weighted by Crippen LogP contribution is 2.03. The Kier molecular flexibility index (Phi) is 4.45. The molecule has 11 heavy (non-hydrogen) atoms. The van der Waals surface area contributed by atoms with Gasteiger partial charge in [-0.25, -0.2) is 0 Å². The molecular weight excluding hydrogens is 166 g/mol. The monoisotopic (exact) mass is 179 g/mol. The molecule has 0 aromatic rings. The van der Waals surface area contributed by atoms with Gasteiger partial charge in [-0.2, -0.15) is 0 Å². The maximum atomic E-state index is 11.1. The summed E-state index contributed by atoms with van der Waals surface area (Å²) in [6.45, 7) is 3.36. The van der Waals surface area contributed by atoms with Crippen LogP contribution in [0.5, 0.6) is 0 Å². The van der Waals surface area contributed by atoms with Gasteiger partial charge in [-0.05, 0) is 13.8 Å². The van der Waals surface area contributed by atoms with E-state index in [1.807, 2.05) is 0 Å². The molecule has 0 saturated heterocycles. The van der Waals surface area contributed by atoms with E-state index in [-0.39, 0.29) is 5.91 Å². The van der Waals surface area contributed by atoms with E-state index in [4.69, 9.17) is 16.3 Å². The molecule has 0 N–H and O–H groups in total. The Balaban J connectivity index is 3.83. The fraction of sp³-hybridized carbons (Fsp3) is 0.857. The minimum Gasteiger partial charge on any atom is -0.350 e. The summed E-state index contributed by atoms with van der Waals surface area (Å²) in [4.78, 5) is 12.6. The van der Waals surface area contributed by atoms with Crippen LogP contribution in [0, 0.1) is 0 Å². The maximum absolute atomic E-state index is 11.1. The zero-order valence-electron chi connectivity index (χ0n) is 7.30. The molecule has 0 fully saturated rings. The van der Waals surface area contributed by atoms with Gasteiger partial charge < -0.3 is 9.64 Å². The summed E-state index contributed by atoms with van der Waals surface area (Å²) in [5.74, 6) is -0.0718. The molecule has 0 spiro atoms. The summed E-state index contributed by atoms with van der Waals surface area (Å²) in [5, 5.41) is 0. The van der Waals surface area contributed by atoms with Gasteiger partial charge >= 0.3 is 0 Å². The Bertz CT molecular complexity index is 136. The minimum atomic E-state index is -0.461. The van der Waals surface area contributed by atoms with Gasteiger partial charge in [0.25, 0.3) is 5.91 Å². The van der Waals surface area contributed by atoms with Gasteiger partial charge in [-0.1, -0.05) is 11.6 Å². The van der Waals surface area contributed by atoms with Crippen molar-refractivity contribution in [2.24, 2.45) is 0 Å². The summed E-state index contributed by atoms with van der Waals surface area (Å²) in [6, 6.07) is 0. The van der Waals surface area contributed by atoms with Gasteiger partial charge in [0.05, 0.1) is 0 Å². The van der Waals surface area contributed by atoms with E-state index >= 15 is 0 Å². The Hall–Kier alpha value is -0.280. The lowest BCUT2D eigenvalue weighted by Crippen LogP contribution is -2.34. The first kappa shape index (κ1) is 10.7. The molecule has 0 aromatic carbocycles. The second-order valence-electron chi connectivity index (χ2n) is 2.55. The molecule has 0 aromatic heterocycles. The molecule has 0 rings (SSSR count). The number of amides is 1. The summed E-state index contributed by atoms with van der Waals surface area (Å²) in [5.41, 5.74) is -0.422.